The highest BCUT2D eigenvalue weighted by atomic mass is 32.2. The molecule has 0 radical (unpaired) electrons. The van der Waals surface area contributed by atoms with Gasteiger partial charge >= 0.3 is 0 Å². The fourth-order valence-corrected chi connectivity index (χ4v) is 4.42. The van der Waals surface area contributed by atoms with E-state index in [-0.39, 0.29) is 6.54 Å². The van der Waals surface area contributed by atoms with Crippen molar-refractivity contribution in [1.82, 2.24) is 24.5 Å². The molecule has 2 aromatic heterocycles. The number of rotatable bonds is 7. The van der Waals surface area contributed by atoms with Gasteiger partial charge in [-0.05, 0) is 57.9 Å². The zero-order chi connectivity index (χ0) is 21.2. The Morgan fingerprint density at radius 1 is 0.966 bits per heavy atom. The van der Waals surface area contributed by atoms with E-state index in [4.69, 9.17) is 0 Å². The SMILES string of the molecule is Cc1ccc(C)c(S(=O)(=O)NCCNc2cc(-n3nc(C)cc3C)nc(C)n2)c1. The highest BCUT2D eigenvalue weighted by molar-refractivity contribution is 7.89. The number of anilines is 1. The van der Waals surface area contributed by atoms with Crippen LogP contribution in [0.4, 0.5) is 5.82 Å². The Morgan fingerprint density at radius 3 is 2.41 bits per heavy atom. The molecule has 0 bridgehead atoms. The van der Waals surface area contributed by atoms with Crippen molar-refractivity contribution in [3.63, 3.8) is 0 Å². The van der Waals surface area contributed by atoms with Gasteiger partial charge in [0.15, 0.2) is 5.82 Å². The second-order valence-corrected chi connectivity index (χ2v) is 8.83. The summed E-state index contributed by atoms with van der Waals surface area (Å²) < 4.78 is 29.5. The van der Waals surface area contributed by atoms with Crippen LogP contribution < -0.4 is 10.0 Å². The molecular formula is C20H26N6O2S. The molecular weight excluding hydrogens is 388 g/mol. The van der Waals surface area contributed by atoms with Crippen LogP contribution in [0.2, 0.25) is 0 Å². The highest BCUT2D eigenvalue weighted by Gasteiger charge is 2.16. The first-order valence-electron chi connectivity index (χ1n) is 9.36. The lowest BCUT2D eigenvalue weighted by molar-refractivity contribution is 0.582. The van der Waals surface area contributed by atoms with E-state index in [0.29, 0.717) is 28.9 Å². The van der Waals surface area contributed by atoms with Gasteiger partial charge in [-0.25, -0.2) is 27.8 Å². The Morgan fingerprint density at radius 2 is 1.72 bits per heavy atom. The molecule has 9 heteroatoms. The van der Waals surface area contributed by atoms with Crippen LogP contribution in [0.15, 0.2) is 35.2 Å². The highest BCUT2D eigenvalue weighted by Crippen LogP contribution is 2.17. The van der Waals surface area contributed by atoms with Crippen molar-refractivity contribution in [3.05, 3.63) is 58.7 Å². The third-order valence-corrected chi connectivity index (χ3v) is 6.01. The molecule has 0 amide bonds. The van der Waals surface area contributed by atoms with E-state index < -0.39 is 10.0 Å². The molecule has 0 aliphatic heterocycles. The predicted molar refractivity (Wildman–Crippen MR) is 113 cm³/mol. The van der Waals surface area contributed by atoms with Crippen LogP contribution in [0, 0.1) is 34.6 Å². The Kier molecular flexibility index (Phi) is 5.99. The first-order valence-corrected chi connectivity index (χ1v) is 10.8. The minimum Gasteiger partial charge on any atom is -0.369 e. The summed E-state index contributed by atoms with van der Waals surface area (Å²) in [6.45, 7) is 9.98. The summed E-state index contributed by atoms with van der Waals surface area (Å²) in [7, 11) is -3.57. The molecule has 3 rings (SSSR count). The van der Waals surface area contributed by atoms with Crippen LogP contribution >= 0.6 is 0 Å². The van der Waals surface area contributed by atoms with Crippen molar-refractivity contribution in [2.75, 3.05) is 18.4 Å². The second-order valence-electron chi connectivity index (χ2n) is 7.09. The van der Waals surface area contributed by atoms with E-state index in [1.165, 1.54) is 0 Å². The van der Waals surface area contributed by atoms with Gasteiger partial charge < -0.3 is 5.32 Å². The quantitative estimate of drug-likeness (QED) is 0.576. The van der Waals surface area contributed by atoms with Crippen molar-refractivity contribution < 1.29 is 8.42 Å². The van der Waals surface area contributed by atoms with Gasteiger partial charge in [0.25, 0.3) is 0 Å². The van der Waals surface area contributed by atoms with Crippen LogP contribution in [0.3, 0.4) is 0 Å². The molecule has 2 heterocycles. The molecule has 3 aromatic rings. The summed E-state index contributed by atoms with van der Waals surface area (Å²) in [6.07, 6.45) is 0. The molecule has 0 aliphatic rings. The number of nitrogens with zero attached hydrogens (tertiary/aromatic N) is 4. The van der Waals surface area contributed by atoms with Crippen molar-refractivity contribution >= 4 is 15.8 Å². The van der Waals surface area contributed by atoms with Crippen LogP contribution in [0.1, 0.15) is 28.3 Å². The van der Waals surface area contributed by atoms with E-state index in [1.807, 2.05) is 45.9 Å². The maximum Gasteiger partial charge on any atom is 0.240 e. The summed E-state index contributed by atoms with van der Waals surface area (Å²) in [5.74, 6) is 1.89. The van der Waals surface area contributed by atoms with Crippen LogP contribution in [-0.2, 0) is 10.0 Å². The number of benzene rings is 1. The number of hydrogen-bond donors (Lipinski definition) is 2. The van der Waals surface area contributed by atoms with Gasteiger partial charge in [-0.2, -0.15) is 5.10 Å². The Bertz CT molecular complexity index is 1140. The molecule has 29 heavy (non-hydrogen) atoms. The molecule has 0 fully saturated rings. The number of nitrogens with one attached hydrogen (secondary N) is 2. The van der Waals surface area contributed by atoms with Crippen molar-refractivity contribution in [3.8, 4) is 5.82 Å². The normalized spacial score (nSPS) is 11.6. The summed E-state index contributed by atoms with van der Waals surface area (Å²) in [4.78, 5) is 9.12. The van der Waals surface area contributed by atoms with Crippen LogP contribution in [-0.4, -0.2) is 41.3 Å². The molecule has 0 unspecified atom stereocenters. The molecule has 0 saturated carbocycles. The number of hydrogen-bond acceptors (Lipinski definition) is 6. The number of aromatic nitrogens is 4. The molecule has 8 nitrogen and oxygen atoms in total. The number of sulfonamides is 1. The average molecular weight is 415 g/mol. The monoisotopic (exact) mass is 414 g/mol. The molecule has 0 saturated heterocycles. The van der Waals surface area contributed by atoms with Gasteiger partial charge in [-0.3, -0.25) is 0 Å². The first-order chi connectivity index (χ1) is 13.7. The van der Waals surface area contributed by atoms with Gasteiger partial charge in [0, 0.05) is 24.8 Å². The van der Waals surface area contributed by atoms with E-state index in [9.17, 15) is 8.42 Å². The van der Waals surface area contributed by atoms with Gasteiger partial charge in [-0.15, -0.1) is 0 Å². The number of aryl methyl sites for hydroxylation is 5. The maximum atomic E-state index is 12.6. The van der Waals surface area contributed by atoms with Crippen molar-refractivity contribution in [2.24, 2.45) is 0 Å². The fourth-order valence-electron chi connectivity index (χ4n) is 3.06. The van der Waals surface area contributed by atoms with Gasteiger partial charge in [0.2, 0.25) is 10.0 Å². The van der Waals surface area contributed by atoms with Gasteiger partial charge in [0.05, 0.1) is 10.6 Å². The molecule has 1 aromatic carbocycles. The molecule has 0 aliphatic carbocycles. The lowest BCUT2D eigenvalue weighted by atomic mass is 10.2. The molecule has 0 atom stereocenters. The summed E-state index contributed by atoms with van der Waals surface area (Å²) in [6, 6.07) is 9.16. The van der Waals surface area contributed by atoms with E-state index in [2.05, 4.69) is 25.1 Å². The third kappa shape index (κ3) is 4.99. The summed E-state index contributed by atoms with van der Waals surface area (Å²) >= 11 is 0. The maximum absolute atomic E-state index is 12.6. The Labute approximate surface area is 171 Å². The zero-order valence-corrected chi connectivity index (χ0v) is 18.1. The van der Waals surface area contributed by atoms with Crippen LogP contribution in [0.5, 0.6) is 0 Å². The van der Waals surface area contributed by atoms with Crippen LogP contribution in [0.25, 0.3) is 5.82 Å². The smallest absolute Gasteiger partial charge is 0.240 e. The minimum atomic E-state index is -3.57. The van der Waals surface area contributed by atoms with E-state index in [1.54, 1.807) is 23.7 Å². The lowest BCUT2D eigenvalue weighted by Crippen LogP contribution is -2.29. The Hall–Kier alpha value is -2.78. The van der Waals surface area contributed by atoms with Crippen molar-refractivity contribution in [1.29, 1.82) is 0 Å². The molecule has 154 valence electrons. The van der Waals surface area contributed by atoms with Gasteiger partial charge in [0.1, 0.15) is 11.6 Å². The third-order valence-electron chi connectivity index (χ3n) is 4.41. The first kappa shape index (κ1) is 20.9. The standard InChI is InChI=1S/C20H26N6O2S/c1-13-6-7-14(2)18(10-13)29(27,28)22-9-8-21-19-12-20(24-17(5)23-19)26-16(4)11-15(3)25-26/h6-7,10-12,22H,8-9H2,1-5H3,(H,21,23,24). The molecule has 0 spiro atoms. The average Bonchev–Trinajstić information content (AvgIpc) is 2.98. The topological polar surface area (TPSA) is 102 Å². The summed E-state index contributed by atoms with van der Waals surface area (Å²) in [5, 5.41) is 7.60. The molecule has 2 N–H and O–H groups in total. The van der Waals surface area contributed by atoms with Gasteiger partial charge in [-0.1, -0.05) is 12.1 Å². The predicted octanol–water partition coefficient (Wildman–Crippen LogP) is 2.59. The minimum absolute atomic E-state index is 0.230. The van der Waals surface area contributed by atoms with Crippen molar-refractivity contribution in [2.45, 2.75) is 39.5 Å². The second kappa shape index (κ2) is 8.30. The lowest BCUT2D eigenvalue weighted by Gasteiger charge is -2.12. The van der Waals surface area contributed by atoms with E-state index in [0.717, 1.165) is 22.5 Å². The van der Waals surface area contributed by atoms with E-state index >= 15 is 0 Å². The Balaban J connectivity index is 1.66. The zero-order valence-electron chi connectivity index (χ0n) is 17.3. The largest absolute Gasteiger partial charge is 0.369 e. The fraction of sp³-hybridized carbons (Fsp3) is 0.350. The summed E-state index contributed by atoms with van der Waals surface area (Å²) in [5.41, 5.74) is 3.52.